The molecule has 1 aliphatic heterocycles. The number of piperazine rings is 1. The third-order valence-electron chi connectivity index (χ3n) is 6.49. The molecule has 1 amide bonds. The van der Waals surface area contributed by atoms with Gasteiger partial charge in [-0.15, -0.1) is 0 Å². The lowest BCUT2D eigenvalue weighted by Crippen LogP contribution is -2.43. The molecule has 1 fully saturated rings. The second-order valence-corrected chi connectivity index (χ2v) is 8.63. The van der Waals surface area contributed by atoms with E-state index >= 15 is 0 Å². The summed E-state index contributed by atoms with van der Waals surface area (Å²) in [6.45, 7) is 7.63. The van der Waals surface area contributed by atoms with Gasteiger partial charge in [-0.2, -0.15) is 0 Å². The molecule has 5 heteroatoms. The first kappa shape index (κ1) is 20.7. The summed E-state index contributed by atoms with van der Waals surface area (Å²) in [5, 5.41) is 3.42. The van der Waals surface area contributed by atoms with Crippen molar-refractivity contribution in [3.05, 3.63) is 65.2 Å². The fourth-order valence-corrected chi connectivity index (χ4v) is 4.70. The van der Waals surface area contributed by atoms with E-state index in [0.29, 0.717) is 25.0 Å². The fraction of sp³-hybridized carbons (Fsp3) is 0.480. The first-order valence-corrected chi connectivity index (χ1v) is 11.1. The molecule has 0 bridgehead atoms. The van der Waals surface area contributed by atoms with Crippen molar-refractivity contribution in [2.75, 3.05) is 44.7 Å². The zero-order valence-corrected chi connectivity index (χ0v) is 18.1. The van der Waals surface area contributed by atoms with E-state index in [1.165, 1.54) is 16.8 Å². The largest absolute Gasteiger partial charge is 0.445 e. The second kappa shape index (κ2) is 9.52. The van der Waals surface area contributed by atoms with E-state index in [1.807, 2.05) is 37.4 Å². The Kier molecular flexibility index (Phi) is 6.58. The van der Waals surface area contributed by atoms with E-state index in [4.69, 9.17) is 4.74 Å². The van der Waals surface area contributed by atoms with Crippen LogP contribution in [-0.4, -0.2) is 50.8 Å². The first-order chi connectivity index (χ1) is 14.6. The second-order valence-electron chi connectivity index (χ2n) is 8.63. The zero-order chi connectivity index (χ0) is 20.9. The standard InChI is InChI=1S/C25H33N3O2/c1-19-16-21(10-13-27(2)25(29)30-18-20-6-4-3-5-7-20)23-9-8-22(17-24(19)23)28-14-11-26-12-15-28/h3-9,17,19,21,26H,10-16,18H2,1-2H3/t19?,21-/m1/s1. The van der Waals surface area contributed by atoms with Crippen LogP contribution in [0.4, 0.5) is 10.5 Å². The van der Waals surface area contributed by atoms with Gasteiger partial charge in [0.05, 0.1) is 0 Å². The highest BCUT2D eigenvalue weighted by molar-refractivity contribution is 5.67. The number of hydrogen-bond donors (Lipinski definition) is 1. The average molecular weight is 408 g/mol. The number of fused-ring (bicyclic) bond motifs is 1. The molecule has 0 saturated carbocycles. The van der Waals surface area contributed by atoms with Gasteiger partial charge in [0, 0.05) is 45.5 Å². The number of ether oxygens (including phenoxy) is 1. The number of amides is 1. The molecule has 1 saturated heterocycles. The number of hydrogen-bond acceptors (Lipinski definition) is 4. The third kappa shape index (κ3) is 4.78. The summed E-state index contributed by atoms with van der Waals surface area (Å²) in [4.78, 5) is 16.5. The van der Waals surface area contributed by atoms with Gasteiger partial charge in [-0.05, 0) is 53.5 Å². The van der Waals surface area contributed by atoms with Gasteiger partial charge in [0.1, 0.15) is 6.61 Å². The summed E-state index contributed by atoms with van der Waals surface area (Å²) in [5.74, 6) is 1.08. The molecule has 1 N–H and O–H groups in total. The van der Waals surface area contributed by atoms with Crippen LogP contribution in [0.3, 0.4) is 0 Å². The molecule has 0 radical (unpaired) electrons. The van der Waals surface area contributed by atoms with Crippen molar-refractivity contribution in [2.45, 2.75) is 38.2 Å². The van der Waals surface area contributed by atoms with Gasteiger partial charge in [0.15, 0.2) is 0 Å². The van der Waals surface area contributed by atoms with Gasteiger partial charge in [0.25, 0.3) is 0 Å². The highest BCUT2D eigenvalue weighted by Gasteiger charge is 2.29. The quantitative estimate of drug-likeness (QED) is 0.773. The summed E-state index contributed by atoms with van der Waals surface area (Å²) in [6, 6.07) is 16.8. The van der Waals surface area contributed by atoms with E-state index < -0.39 is 0 Å². The fourth-order valence-electron chi connectivity index (χ4n) is 4.70. The van der Waals surface area contributed by atoms with Crippen LogP contribution >= 0.6 is 0 Å². The Balaban J connectivity index is 1.32. The van der Waals surface area contributed by atoms with E-state index in [2.05, 4.69) is 35.3 Å². The molecule has 2 aliphatic rings. The maximum atomic E-state index is 12.3. The number of carbonyl (C=O) groups excluding carboxylic acids is 1. The van der Waals surface area contributed by atoms with Crippen molar-refractivity contribution in [1.29, 1.82) is 0 Å². The van der Waals surface area contributed by atoms with Gasteiger partial charge in [-0.1, -0.05) is 43.3 Å². The van der Waals surface area contributed by atoms with Crippen molar-refractivity contribution < 1.29 is 9.53 Å². The van der Waals surface area contributed by atoms with Crippen LogP contribution < -0.4 is 10.2 Å². The molecule has 2 atom stereocenters. The predicted octanol–water partition coefficient (Wildman–Crippen LogP) is 4.35. The number of nitrogens with zero attached hydrogens (tertiary/aromatic N) is 2. The van der Waals surface area contributed by atoms with Crippen LogP contribution in [0.1, 0.15) is 48.3 Å². The molecule has 4 rings (SSSR count). The van der Waals surface area contributed by atoms with Gasteiger partial charge in [-0.3, -0.25) is 0 Å². The minimum Gasteiger partial charge on any atom is -0.445 e. The van der Waals surface area contributed by atoms with E-state index in [9.17, 15) is 4.79 Å². The Bertz CT molecular complexity index is 849. The van der Waals surface area contributed by atoms with Crippen LogP contribution in [0.25, 0.3) is 0 Å². The van der Waals surface area contributed by atoms with Gasteiger partial charge in [-0.25, -0.2) is 4.79 Å². The summed E-state index contributed by atoms with van der Waals surface area (Å²) in [5.41, 5.74) is 5.32. The highest BCUT2D eigenvalue weighted by Crippen LogP contribution is 2.44. The molecule has 0 spiro atoms. The van der Waals surface area contributed by atoms with E-state index in [0.717, 1.165) is 44.6 Å². The van der Waals surface area contributed by atoms with E-state index in [-0.39, 0.29) is 6.09 Å². The number of rotatable bonds is 6. The first-order valence-electron chi connectivity index (χ1n) is 11.1. The summed E-state index contributed by atoms with van der Waals surface area (Å²) in [7, 11) is 1.83. The Labute approximate surface area is 180 Å². The Morgan fingerprint density at radius 3 is 2.67 bits per heavy atom. The molecular weight excluding hydrogens is 374 g/mol. The number of carbonyl (C=O) groups is 1. The summed E-state index contributed by atoms with van der Waals surface area (Å²) >= 11 is 0. The van der Waals surface area contributed by atoms with Gasteiger partial charge in [0.2, 0.25) is 0 Å². The molecule has 1 heterocycles. The summed E-state index contributed by atoms with van der Waals surface area (Å²) < 4.78 is 5.45. The number of nitrogens with one attached hydrogen (secondary N) is 1. The maximum absolute atomic E-state index is 12.3. The van der Waals surface area contributed by atoms with Crippen molar-refractivity contribution in [3.63, 3.8) is 0 Å². The van der Waals surface area contributed by atoms with Crippen LogP contribution in [-0.2, 0) is 11.3 Å². The molecule has 5 nitrogen and oxygen atoms in total. The molecular formula is C25H33N3O2. The maximum Gasteiger partial charge on any atom is 0.409 e. The lowest BCUT2D eigenvalue weighted by molar-refractivity contribution is 0.104. The Morgan fingerprint density at radius 1 is 1.13 bits per heavy atom. The molecule has 2 aromatic rings. The number of benzene rings is 2. The van der Waals surface area contributed by atoms with Gasteiger partial charge < -0.3 is 19.9 Å². The molecule has 0 aromatic heterocycles. The van der Waals surface area contributed by atoms with Crippen LogP contribution in [0.2, 0.25) is 0 Å². The Morgan fingerprint density at radius 2 is 1.90 bits per heavy atom. The smallest absolute Gasteiger partial charge is 0.409 e. The number of anilines is 1. The topological polar surface area (TPSA) is 44.8 Å². The SMILES string of the molecule is CC1C[C@@H](CCN(C)C(=O)OCc2ccccc2)c2ccc(N3CCNCC3)cc21. The zero-order valence-electron chi connectivity index (χ0n) is 18.1. The van der Waals surface area contributed by atoms with Crippen LogP contribution in [0.5, 0.6) is 0 Å². The van der Waals surface area contributed by atoms with E-state index in [1.54, 1.807) is 4.90 Å². The van der Waals surface area contributed by atoms with Crippen molar-refractivity contribution >= 4 is 11.8 Å². The molecule has 1 unspecified atom stereocenters. The monoisotopic (exact) mass is 407 g/mol. The molecule has 30 heavy (non-hydrogen) atoms. The minimum atomic E-state index is -0.251. The normalized spacial score (nSPS) is 20.7. The Hall–Kier alpha value is -2.53. The molecule has 160 valence electrons. The molecule has 1 aliphatic carbocycles. The van der Waals surface area contributed by atoms with Crippen molar-refractivity contribution in [3.8, 4) is 0 Å². The predicted molar refractivity (Wildman–Crippen MR) is 121 cm³/mol. The lowest BCUT2D eigenvalue weighted by Gasteiger charge is -2.30. The average Bonchev–Trinajstić information content (AvgIpc) is 3.12. The van der Waals surface area contributed by atoms with Crippen LogP contribution in [0, 0.1) is 0 Å². The lowest BCUT2D eigenvalue weighted by atomic mass is 9.97. The highest BCUT2D eigenvalue weighted by atomic mass is 16.6. The van der Waals surface area contributed by atoms with Crippen molar-refractivity contribution in [1.82, 2.24) is 10.2 Å². The summed E-state index contributed by atoms with van der Waals surface area (Å²) in [6.07, 6.45) is 1.88. The third-order valence-corrected chi connectivity index (χ3v) is 6.49. The van der Waals surface area contributed by atoms with Crippen molar-refractivity contribution in [2.24, 2.45) is 0 Å². The minimum absolute atomic E-state index is 0.251. The molecule has 2 aromatic carbocycles. The van der Waals surface area contributed by atoms with Crippen LogP contribution in [0.15, 0.2) is 48.5 Å². The van der Waals surface area contributed by atoms with Gasteiger partial charge >= 0.3 is 6.09 Å².